The van der Waals surface area contributed by atoms with E-state index in [1.165, 1.54) is 25.3 Å². The van der Waals surface area contributed by atoms with Gasteiger partial charge in [-0.3, -0.25) is 0 Å². The number of aromatic hydroxyl groups is 2. The zero-order valence-corrected chi connectivity index (χ0v) is 14.1. The Balaban J connectivity index is 2.32. The van der Waals surface area contributed by atoms with Gasteiger partial charge in [0.2, 0.25) is 0 Å². The van der Waals surface area contributed by atoms with E-state index in [1.54, 1.807) is 12.1 Å². The van der Waals surface area contributed by atoms with Crippen molar-refractivity contribution in [1.29, 1.82) is 0 Å². The van der Waals surface area contributed by atoms with Crippen LogP contribution < -0.4 is 4.90 Å². The molecule has 0 saturated heterocycles. The SMILES string of the molecule is CCCCC(CC)CN(c1ccccc1)c1cc(O)cc(O)c1. The largest absolute Gasteiger partial charge is 0.508 e. The van der Waals surface area contributed by atoms with Gasteiger partial charge in [0.15, 0.2) is 0 Å². The van der Waals surface area contributed by atoms with Crippen molar-refractivity contribution in [1.82, 2.24) is 0 Å². The van der Waals surface area contributed by atoms with E-state index < -0.39 is 0 Å². The van der Waals surface area contributed by atoms with Gasteiger partial charge in [-0.05, 0) is 24.5 Å². The van der Waals surface area contributed by atoms with Crippen molar-refractivity contribution in [2.45, 2.75) is 39.5 Å². The Morgan fingerprint density at radius 2 is 1.57 bits per heavy atom. The maximum Gasteiger partial charge on any atom is 0.121 e. The smallest absolute Gasteiger partial charge is 0.121 e. The second-order valence-electron chi connectivity index (χ2n) is 6.07. The number of phenols is 2. The van der Waals surface area contributed by atoms with Crippen LogP contribution in [0.5, 0.6) is 11.5 Å². The van der Waals surface area contributed by atoms with Crippen molar-refractivity contribution in [3.8, 4) is 11.5 Å². The van der Waals surface area contributed by atoms with Crippen molar-refractivity contribution in [2.75, 3.05) is 11.4 Å². The van der Waals surface area contributed by atoms with Gasteiger partial charge in [-0.2, -0.15) is 0 Å². The van der Waals surface area contributed by atoms with Gasteiger partial charge in [-0.25, -0.2) is 0 Å². The number of para-hydroxylation sites is 1. The fraction of sp³-hybridized carbons (Fsp3) is 0.400. The molecule has 23 heavy (non-hydrogen) atoms. The number of hydrogen-bond donors (Lipinski definition) is 2. The summed E-state index contributed by atoms with van der Waals surface area (Å²) in [6.45, 7) is 5.32. The number of anilines is 2. The molecule has 0 bridgehead atoms. The van der Waals surface area contributed by atoms with Crippen LogP contribution in [0.15, 0.2) is 48.5 Å². The number of rotatable bonds is 8. The van der Waals surface area contributed by atoms with E-state index in [2.05, 4.69) is 30.9 Å². The standard InChI is InChI=1S/C20H27NO2/c1-3-5-9-16(4-2)15-21(17-10-7-6-8-11-17)18-12-19(22)14-20(23)13-18/h6-8,10-14,16,22-23H,3-5,9,15H2,1-2H3. The van der Waals surface area contributed by atoms with Crippen LogP contribution in [0.1, 0.15) is 39.5 Å². The molecule has 0 radical (unpaired) electrons. The lowest BCUT2D eigenvalue weighted by Crippen LogP contribution is -2.25. The van der Waals surface area contributed by atoms with Crippen LogP contribution in [0, 0.1) is 5.92 Å². The molecule has 0 spiro atoms. The summed E-state index contributed by atoms with van der Waals surface area (Å²) in [5.41, 5.74) is 1.90. The first-order valence-electron chi connectivity index (χ1n) is 8.49. The molecular formula is C20H27NO2. The first-order chi connectivity index (χ1) is 11.1. The fourth-order valence-corrected chi connectivity index (χ4v) is 2.88. The third-order valence-electron chi connectivity index (χ3n) is 4.25. The van der Waals surface area contributed by atoms with Gasteiger partial charge in [0.1, 0.15) is 11.5 Å². The summed E-state index contributed by atoms with van der Waals surface area (Å²) in [6, 6.07) is 14.9. The van der Waals surface area contributed by atoms with Gasteiger partial charge in [-0.1, -0.05) is 51.3 Å². The van der Waals surface area contributed by atoms with Gasteiger partial charge in [0.25, 0.3) is 0 Å². The minimum Gasteiger partial charge on any atom is -0.508 e. The Labute approximate surface area is 139 Å². The second kappa shape index (κ2) is 8.47. The summed E-state index contributed by atoms with van der Waals surface area (Å²) >= 11 is 0. The monoisotopic (exact) mass is 313 g/mol. The molecule has 3 heteroatoms. The van der Waals surface area contributed by atoms with Crippen molar-refractivity contribution >= 4 is 11.4 Å². The molecular weight excluding hydrogens is 286 g/mol. The second-order valence-corrected chi connectivity index (χ2v) is 6.07. The van der Waals surface area contributed by atoms with Gasteiger partial charge in [0, 0.05) is 36.1 Å². The molecule has 2 N–H and O–H groups in total. The van der Waals surface area contributed by atoms with Crippen LogP contribution >= 0.6 is 0 Å². The van der Waals surface area contributed by atoms with Gasteiger partial charge >= 0.3 is 0 Å². The molecule has 0 aliphatic heterocycles. The van der Waals surface area contributed by atoms with Gasteiger partial charge in [0.05, 0.1) is 0 Å². The third-order valence-corrected chi connectivity index (χ3v) is 4.25. The van der Waals surface area contributed by atoms with Crippen LogP contribution in [0.3, 0.4) is 0 Å². The number of benzene rings is 2. The predicted octanol–water partition coefficient (Wildman–Crippen LogP) is 5.45. The minimum absolute atomic E-state index is 0.0857. The van der Waals surface area contributed by atoms with Gasteiger partial charge in [-0.15, -0.1) is 0 Å². The number of nitrogens with zero attached hydrogens (tertiary/aromatic N) is 1. The third kappa shape index (κ3) is 4.92. The average molecular weight is 313 g/mol. The lowest BCUT2D eigenvalue weighted by Gasteiger charge is -2.29. The molecule has 0 fully saturated rings. The van der Waals surface area contributed by atoms with Gasteiger partial charge < -0.3 is 15.1 Å². The van der Waals surface area contributed by atoms with Crippen molar-refractivity contribution in [3.63, 3.8) is 0 Å². The summed E-state index contributed by atoms with van der Waals surface area (Å²) in [5.74, 6) is 0.754. The topological polar surface area (TPSA) is 43.7 Å². The molecule has 124 valence electrons. The highest BCUT2D eigenvalue weighted by Crippen LogP contribution is 2.33. The highest BCUT2D eigenvalue weighted by atomic mass is 16.3. The summed E-state index contributed by atoms with van der Waals surface area (Å²) in [7, 11) is 0. The Hall–Kier alpha value is -2.16. The molecule has 0 aromatic heterocycles. The summed E-state index contributed by atoms with van der Waals surface area (Å²) < 4.78 is 0. The van der Waals surface area contributed by atoms with E-state index in [1.807, 2.05) is 18.2 Å². The first kappa shape index (κ1) is 17.2. The van der Waals surface area contributed by atoms with E-state index in [-0.39, 0.29) is 11.5 Å². The molecule has 3 nitrogen and oxygen atoms in total. The molecule has 2 aromatic rings. The van der Waals surface area contributed by atoms with E-state index in [0.29, 0.717) is 5.92 Å². The molecule has 0 heterocycles. The van der Waals surface area contributed by atoms with E-state index in [4.69, 9.17) is 0 Å². The predicted molar refractivity (Wildman–Crippen MR) is 96.5 cm³/mol. The molecule has 0 amide bonds. The van der Waals surface area contributed by atoms with Crippen molar-refractivity contribution in [3.05, 3.63) is 48.5 Å². The zero-order chi connectivity index (χ0) is 16.7. The molecule has 1 unspecified atom stereocenters. The number of hydrogen-bond acceptors (Lipinski definition) is 3. The Morgan fingerprint density at radius 3 is 2.13 bits per heavy atom. The normalized spacial score (nSPS) is 12.1. The molecule has 2 aromatic carbocycles. The number of phenolic OH excluding ortho intramolecular Hbond substituents is 2. The molecule has 0 aliphatic carbocycles. The van der Waals surface area contributed by atoms with E-state index in [0.717, 1.165) is 24.3 Å². The number of unbranched alkanes of at least 4 members (excludes halogenated alkanes) is 1. The molecule has 0 aliphatic rings. The average Bonchev–Trinajstić information content (AvgIpc) is 2.55. The lowest BCUT2D eigenvalue weighted by molar-refractivity contribution is 0.447. The molecule has 1 atom stereocenters. The van der Waals surface area contributed by atoms with Crippen molar-refractivity contribution in [2.24, 2.45) is 5.92 Å². The molecule has 0 saturated carbocycles. The Morgan fingerprint density at radius 1 is 0.913 bits per heavy atom. The summed E-state index contributed by atoms with van der Waals surface area (Å²) in [4.78, 5) is 2.18. The van der Waals surface area contributed by atoms with E-state index >= 15 is 0 Å². The maximum absolute atomic E-state index is 9.84. The lowest BCUT2D eigenvalue weighted by atomic mass is 9.98. The highest BCUT2D eigenvalue weighted by molar-refractivity contribution is 5.66. The highest BCUT2D eigenvalue weighted by Gasteiger charge is 2.16. The fourth-order valence-electron chi connectivity index (χ4n) is 2.88. The Kier molecular flexibility index (Phi) is 6.33. The Bertz CT molecular complexity index is 578. The van der Waals surface area contributed by atoms with Crippen LogP contribution in [0.2, 0.25) is 0 Å². The van der Waals surface area contributed by atoms with Crippen LogP contribution in [-0.2, 0) is 0 Å². The zero-order valence-electron chi connectivity index (χ0n) is 14.1. The first-order valence-corrected chi connectivity index (χ1v) is 8.49. The summed E-state index contributed by atoms with van der Waals surface area (Å²) in [5, 5.41) is 19.7. The van der Waals surface area contributed by atoms with Crippen LogP contribution in [0.25, 0.3) is 0 Å². The van der Waals surface area contributed by atoms with Crippen LogP contribution in [0.4, 0.5) is 11.4 Å². The van der Waals surface area contributed by atoms with Crippen molar-refractivity contribution < 1.29 is 10.2 Å². The van der Waals surface area contributed by atoms with E-state index in [9.17, 15) is 10.2 Å². The quantitative estimate of drug-likeness (QED) is 0.681. The summed E-state index contributed by atoms with van der Waals surface area (Å²) in [6.07, 6.45) is 4.75. The maximum atomic E-state index is 9.84. The molecule has 2 rings (SSSR count). The van der Waals surface area contributed by atoms with Crippen LogP contribution in [-0.4, -0.2) is 16.8 Å². The minimum atomic E-state index is 0.0857.